The number of aliphatic imine (C=N–C) groups is 1. The molecule has 0 amide bonds. The summed E-state index contributed by atoms with van der Waals surface area (Å²) in [5.74, 6) is 0.829. The average molecular weight is 404 g/mol. The third-order valence-electron chi connectivity index (χ3n) is 5.75. The molecule has 0 aromatic heterocycles. The minimum atomic E-state index is -0.377. The van der Waals surface area contributed by atoms with Crippen molar-refractivity contribution < 1.29 is 9.66 Å². The minimum absolute atomic E-state index is 0.107. The lowest BCUT2D eigenvalue weighted by Gasteiger charge is -2.33. The van der Waals surface area contributed by atoms with E-state index in [2.05, 4.69) is 22.5 Å². The van der Waals surface area contributed by atoms with Crippen LogP contribution in [0.4, 0.5) is 5.69 Å². The molecule has 2 aliphatic rings. The molecule has 1 unspecified atom stereocenters. The normalized spacial score (nSPS) is 20.2. The third kappa shape index (κ3) is 6.97. The number of nitro groups is 1. The van der Waals surface area contributed by atoms with Crippen LogP contribution in [0.25, 0.3) is 0 Å². The Kier molecular flexibility index (Phi) is 8.25. The topological polar surface area (TPSA) is 92.0 Å². The van der Waals surface area contributed by atoms with E-state index in [-0.39, 0.29) is 10.6 Å². The Labute approximate surface area is 172 Å². The second kappa shape index (κ2) is 11.1. The van der Waals surface area contributed by atoms with Gasteiger partial charge < -0.3 is 15.4 Å². The molecule has 1 saturated heterocycles. The van der Waals surface area contributed by atoms with E-state index < -0.39 is 0 Å². The number of nitrogens with one attached hydrogen (secondary N) is 2. The van der Waals surface area contributed by atoms with Gasteiger partial charge in [0.1, 0.15) is 0 Å². The first-order valence-electron chi connectivity index (χ1n) is 10.7. The Hall–Kier alpha value is -2.19. The summed E-state index contributed by atoms with van der Waals surface area (Å²) >= 11 is 0. The zero-order valence-corrected chi connectivity index (χ0v) is 17.3. The van der Waals surface area contributed by atoms with Crippen LogP contribution >= 0.6 is 0 Å². The van der Waals surface area contributed by atoms with Crippen LogP contribution in [-0.4, -0.2) is 60.7 Å². The fraction of sp³-hybridized carbons (Fsp3) is 0.667. The van der Waals surface area contributed by atoms with E-state index in [0.29, 0.717) is 18.6 Å². The molecule has 0 radical (unpaired) electrons. The molecular weight excluding hydrogens is 370 g/mol. The first kappa shape index (κ1) is 21.5. The SMILES string of the molecule is CC(CNC(=NCc1ccc([N+](=O)[O-])cc1)NC1CCCCC1)N1CCOCC1. The Bertz CT molecular complexity index is 667. The number of hydrogen-bond acceptors (Lipinski definition) is 5. The second-order valence-electron chi connectivity index (χ2n) is 7.95. The summed E-state index contributed by atoms with van der Waals surface area (Å²) in [6, 6.07) is 7.48. The van der Waals surface area contributed by atoms with Crippen LogP contribution in [0.15, 0.2) is 29.3 Å². The van der Waals surface area contributed by atoms with Crippen molar-refractivity contribution in [3.8, 4) is 0 Å². The van der Waals surface area contributed by atoms with Crippen molar-refractivity contribution in [1.82, 2.24) is 15.5 Å². The highest BCUT2D eigenvalue weighted by Gasteiger charge is 2.19. The van der Waals surface area contributed by atoms with Crippen molar-refractivity contribution >= 4 is 11.6 Å². The van der Waals surface area contributed by atoms with Gasteiger partial charge in [-0.1, -0.05) is 31.4 Å². The number of hydrogen-bond donors (Lipinski definition) is 2. The standard InChI is InChI=1S/C21H33N5O3/c1-17(25-11-13-29-14-12-25)15-22-21(24-19-5-3-2-4-6-19)23-16-18-7-9-20(10-8-18)26(27)28/h7-10,17,19H,2-6,11-16H2,1H3,(H2,22,23,24). The Balaban J connectivity index is 1.59. The molecule has 1 aromatic rings. The highest BCUT2D eigenvalue weighted by molar-refractivity contribution is 5.80. The van der Waals surface area contributed by atoms with Crippen LogP contribution in [0.1, 0.15) is 44.6 Å². The highest BCUT2D eigenvalue weighted by Crippen LogP contribution is 2.17. The molecular formula is C21H33N5O3. The molecule has 160 valence electrons. The number of rotatable bonds is 7. The first-order chi connectivity index (χ1) is 14.1. The molecule has 1 saturated carbocycles. The molecule has 2 N–H and O–H groups in total. The lowest BCUT2D eigenvalue weighted by atomic mass is 9.96. The summed E-state index contributed by atoms with van der Waals surface area (Å²) in [4.78, 5) is 17.6. The van der Waals surface area contributed by atoms with Gasteiger partial charge in [0, 0.05) is 43.9 Å². The molecule has 1 aliphatic heterocycles. The number of nitrogens with zero attached hydrogens (tertiary/aromatic N) is 3. The molecule has 1 aromatic carbocycles. The molecule has 3 rings (SSSR count). The number of benzene rings is 1. The minimum Gasteiger partial charge on any atom is -0.379 e. The van der Waals surface area contributed by atoms with Gasteiger partial charge in [-0.25, -0.2) is 4.99 Å². The van der Waals surface area contributed by atoms with Crippen LogP contribution in [0.5, 0.6) is 0 Å². The van der Waals surface area contributed by atoms with E-state index in [1.54, 1.807) is 12.1 Å². The van der Waals surface area contributed by atoms with Crippen LogP contribution in [-0.2, 0) is 11.3 Å². The van der Waals surface area contributed by atoms with Gasteiger partial charge in [0.15, 0.2) is 5.96 Å². The Morgan fingerprint density at radius 1 is 1.24 bits per heavy atom. The van der Waals surface area contributed by atoms with Gasteiger partial charge in [0.2, 0.25) is 0 Å². The maximum atomic E-state index is 10.8. The first-order valence-corrected chi connectivity index (χ1v) is 10.7. The van der Waals surface area contributed by atoms with Gasteiger partial charge in [-0.15, -0.1) is 0 Å². The van der Waals surface area contributed by atoms with E-state index >= 15 is 0 Å². The van der Waals surface area contributed by atoms with Gasteiger partial charge in [-0.05, 0) is 25.3 Å². The average Bonchev–Trinajstić information content (AvgIpc) is 2.77. The predicted octanol–water partition coefficient (Wildman–Crippen LogP) is 2.68. The van der Waals surface area contributed by atoms with Crippen molar-refractivity contribution in [2.24, 2.45) is 4.99 Å². The lowest BCUT2D eigenvalue weighted by molar-refractivity contribution is -0.384. The highest BCUT2D eigenvalue weighted by atomic mass is 16.6. The summed E-state index contributed by atoms with van der Waals surface area (Å²) < 4.78 is 5.45. The molecule has 1 atom stereocenters. The van der Waals surface area contributed by atoms with Crippen molar-refractivity contribution in [2.75, 3.05) is 32.8 Å². The second-order valence-corrected chi connectivity index (χ2v) is 7.95. The van der Waals surface area contributed by atoms with E-state index in [9.17, 15) is 10.1 Å². The third-order valence-corrected chi connectivity index (χ3v) is 5.75. The number of non-ortho nitro benzene ring substituents is 1. The van der Waals surface area contributed by atoms with Crippen LogP contribution in [0.2, 0.25) is 0 Å². The van der Waals surface area contributed by atoms with Crippen molar-refractivity contribution in [2.45, 2.75) is 57.7 Å². The van der Waals surface area contributed by atoms with Gasteiger partial charge in [0.05, 0.1) is 24.7 Å². The maximum absolute atomic E-state index is 10.8. The number of morpholine rings is 1. The van der Waals surface area contributed by atoms with E-state index in [4.69, 9.17) is 9.73 Å². The number of guanidine groups is 1. The van der Waals surface area contributed by atoms with Gasteiger partial charge in [-0.2, -0.15) is 0 Å². The van der Waals surface area contributed by atoms with Crippen LogP contribution in [0.3, 0.4) is 0 Å². The molecule has 2 fully saturated rings. The Morgan fingerprint density at radius 2 is 1.93 bits per heavy atom. The maximum Gasteiger partial charge on any atom is 0.269 e. The quantitative estimate of drug-likeness (QED) is 0.315. The number of nitro benzene ring substituents is 1. The molecule has 8 heteroatoms. The molecule has 0 spiro atoms. The van der Waals surface area contributed by atoms with Crippen molar-refractivity contribution in [1.29, 1.82) is 0 Å². The predicted molar refractivity (Wildman–Crippen MR) is 114 cm³/mol. The van der Waals surface area contributed by atoms with Crippen molar-refractivity contribution in [3.05, 3.63) is 39.9 Å². The van der Waals surface area contributed by atoms with E-state index in [0.717, 1.165) is 44.4 Å². The van der Waals surface area contributed by atoms with Crippen LogP contribution < -0.4 is 10.6 Å². The zero-order valence-electron chi connectivity index (χ0n) is 17.3. The lowest BCUT2D eigenvalue weighted by Crippen LogP contribution is -2.51. The van der Waals surface area contributed by atoms with Gasteiger partial charge >= 0.3 is 0 Å². The summed E-state index contributed by atoms with van der Waals surface area (Å²) in [5, 5.41) is 17.9. The van der Waals surface area contributed by atoms with Crippen LogP contribution in [0, 0.1) is 10.1 Å². The molecule has 29 heavy (non-hydrogen) atoms. The molecule has 1 aliphatic carbocycles. The summed E-state index contributed by atoms with van der Waals surface area (Å²) in [5.41, 5.74) is 1.07. The molecule has 0 bridgehead atoms. The Morgan fingerprint density at radius 3 is 2.59 bits per heavy atom. The zero-order chi connectivity index (χ0) is 20.5. The summed E-state index contributed by atoms with van der Waals surface area (Å²) in [6.07, 6.45) is 6.19. The largest absolute Gasteiger partial charge is 0.379 e. The molecule has 8 nitrogen and oxygen atoms in total. The monoisotopic (exact) mass is 403 g/mol. The summed E-state index contributed by atoms with van der Waals surface area (Å²) in [7, 11) is 0. The smallest absolute Gasteiger partial charge is 0.269 e. The number of ether oxygens (including phenoxy) is 1. The molecule has 1 heterocycles. The van der Waals surface area contributed by atoms with Gasteiger partial charge in [-0.3, -0.25) is 15.0 Å². The van der Waals surface area contributed by atoms with E-state index in [1.807, 2.05) is 0 Å². The fourth-order valence-electron chi connectivity index (χ4n) is 3.88. The van der Waals surface area contributed by atoms with Gasteiger partial charge in [0.25, 0.3) is 5.69 Å². The fourth-order valence-corrected chi connectivity index (χ4v) is 3.88. The summed E-state index contributed by atoms with van der Waals surface area (Å²) in [6.45, 7) is 7.07. The van der Waals surface area contributed by atoms with Crippen molar-refractivity contribution in [3.63, 3.8) is 0 Å². The van der Waals surface area contributed by atoms with E-state index in [1.165, 1.54) is 44.2 Å².